The molecule has 0 spiro atoms. The average molecular weight is 382 g/mol. The van der Waals surface area contributed by atoms with Crippen molar-refractivity contribution in [3.05, 3.63) is 80.4 Å². The molecule has 0 fully saturated rings. The molecule has 0 saturated carbocycles. The van der Waals surface area contributed by atoms with E-state index in [1.807, 2.05) is 0 Å². The first kappa shape index (κ1) is 18.2. The van der Waals surface area contributed by atoms with E-state index in [-0.39, 0.29) is 23.7 Å². The number of aryl methyl sites for hydroxylation is 2. The van der Waals surface area contributed by atoms with Crippen molar-refractivity contribution in [3.8, 4) is 5.69 Å². The lowest BCUT2D eigenvalue weighted by Gasteiger charge is -2.08. The molecule has 0 saturated heterocycles. The largest absolute Gasteiger partial charge is 0.455 e. The molecule has 0 amide bonds. The Bertz CT molecular complexity index is 1090. The molecule has 28 heavy (non-hydrogen) atoms. The summed E-state index contributed by atoms with van der Waals surface area (Å²) < 4.78 is 25.5. The normalized spacial score (nSPS) is 12.8. The van der Waals surface area contributed by atoms with E-state index in [9.17, 15) is 14.0 Å². The maximum absolute atomic E-state index is 13.2. The highest BCUT2D eigenvalue weighted by molar-refractivity contribution is 5.91. The summed E-state index contributed by atoms with van der Waals surface area (Å²) in [5.41, 5.74) is 3.88. The minimum atomic E-state index is -0.554. The van der Waals surface area contributed by atoms with Crippen LogP contribution in [0.25, 0.3) is 5.69 Å². The van der Waals surface area contributed by atoms with E-state index in [1.54, 1.807) is 30.7 Å². The molecule has 0 N–H and O–H groups in total. The Morgan fingerprint density at radius 1 is 1.25 bits per heavy atom. The Balaban J connectivity index is 1.60. The molecule has 3 aromatic rings. The Labute approximate surface area is 160 Å². The lowest BCUT2D eigenvalue weighted by molar-refractivity contribution is 0.0461. The molecule has 1 aliphatic rings. The van der Waals surface area contributed by atoms with Crippen molar-refractivity contribution in [1.29, 1.82) is 0 Å². The first-order chi connectivity index (χ1) is 13.4. The van der Waals surface area contributed by atoms with E-state index < -0.39 is 11.6 Å². The molecule has 0 atom stereocenters. The first-order valence-electron chi connectivity index (χ1n) is 9.08. The molecule has 0 bridgehead atoms. The highest BCUT2D eigenvalue weighted by atomic mass is 19.1. The zero-order chi connectivity index (χ0) is 19.8. The van der Waals surface area contributed by atoms with Crippen LogP contribution in [-0.2, 0) is 24.2 Å². The number of nitrogens with zero attached hydrogens (tertiary/aromatic N) is 2. The molecular weight excluding hydrogens is 363 g/mol. The molecule has 144 valence electrons. The summed E-state index contributed by atoms with van der Waals surface area (Å²) in [6.07, 6.45) is 2.73. The van der Waals surface area contributed by atoms with E-state index in [0.29, 0.717) is 11.3 Å². The predicted molar refractivity (Wildman–Crippen MR) is 99.1 cm³/mol. The van der Waals surface area contributed by atoms with Gasteiger partial charge in [-0.25, -0.2) is 18.7 Å². The summed E-state index contributed by atoms with van der Waals surface area (Å²) in [5.74, 6) is -0.624. The topological polar surface area (TPSA) is 74.3 Å². The lowest BCUT2D eigenvalue weighted by atomic mass is 10.1. The number of carbonyl (C=O) groups excluding carboxylic acids is 1. The van der Waals surface area contributed by atoms with Gasteiger partial charge in [-0.3, -0.25) is 0 Å². The lowest BCUT2D eigenvalue weighted by Crippen LogP contribution is -2.13. The van der Waals surface area contributed by atoms with E-state index in [2.05, 4.69) is 5.10 Å². The highest BCUT2D eigenvalue weighted by Crippen LogP contribution is 2.28. The fourth-order valence-corrected chi connectivity index (χ4v) is 3.69. The van der Waals surface area contributed by atoms with Crippen molar-refractivity contribution in [2.45, 2.75) is 39.7 Å². The van der Waals surface area contributed by atoms with Crippen LogP contribution in [0.5, 0.6) is 0 Å². The number of hydrogen-bond donors (Lipinski definition) is 0. The van der Waals surface area contributed by atoms with Gasteiger partial charge in [0.05, 0.1) is 5.69 Å². The van der Waals surface area contributed by atoms with Crippen LogP contribution < -0.4 is 5.63 Å². The average Bonchev–Trinajstić information content (AvgIpc) is 3.23. The third-order valence-electron chi connectivity index (χ3n) is 4.96. The summed E-state index contributed by atoms with van der Waals surface area (Å²) in [6, 6.07) is 7.41. The summed E-state index contributed by atoms with van der Waals surface area (Å²) in [7, 11) is 0. The molecule has 0 unspecified atom stereocenters. The third kappa shape index (κ3) is 3.24. The SMILES string of the molecule is Cc1cc(=O)oc(C)c1C(=O)OCc1nn(-c2ccc(F)cc2)c2c1CCC2. The minimum absolute atomic E-state index is 0.0212. The van der Waals surface area contributed by atoms with Crippen LogP contribution in [0.2, 0.25) is 0 Å². The predicted octanol–water partition coefficient (Wildman–Crippen LogP) is 3.43. The standard InChI is InChI=1S/C21H19FN2O4/c1-12-10-19(25)28-13(2)20(12)21(26)27-11-17-16-4-3-5-18(16)24(23-17)15-8-6-14(22)7-9-15/h6-10H,3-5,11H2,1-2H3. The summed E-state index contributed by atoms with van der Waals surface area (Å²) in [4.78, 5) is 23.9. The third-order valence-corrected chi connectivity index (χ3v) is 4.96. The van der Waals surface area contributed by atoms with E-state index in [1.165, 1.54) is 18.2 Å². The quantitative estimate of drug-likeness (QED) is 0.647. The van der Waals surface area contributed by atoms with Gasteiger partial charge in [0.1, 0.15) is 29.4 Å². The molecule has 4 rings (SSSR count). The highest BCUT2D eigenvalue weighted by Gasteiger charge is 2.25. The van der Waals surface area contributed by atoms with Crippen molar-refractivity contribution < 1.29 is 18.3 Å². The van der Waals surface area contributed by atoms with Gasteiger partial charge in [0.25, 0.3) is 0 Å². The fourth-order valence-electron chi connectivity index (χ4n) is 3.69. The number of ether oxygens (including phenoxy) is 1. The second-order valence-corrected chi connectivity index (χ2v) is 6.87. The van der Waals surface area contributed by atoms with E-state index in [0.717, 1.165) is 36.2 Å². The minimum Gasteiger partial charge on any atom is -0.455 e. The van der Waals surface area contributed by atoms with Gasteiger partial charge in [-0.15, -0.1) is 0 Å². The van der Waals surface area contributed by atoms with Crippen molar-refractivity contribution in [1.82, 2.24) is 9.78 Å². The molecule has 2 aromatic heterocycles. The number of esters is 1. The van der Waals surface area contributed by atoms with Crippen molar-refractivity contribution in [2.75, 3.05) is 0 Å². The number of aromatic nitrogens is 2. The van der Waals surface area contributed by atoms with Gasteiger partial charge in [-0.2, -0.15) is 5.10 Å². The number of fused-ring (bicyclic) bond motifs is 1. The Kier molecular flexibility index (Phi) is 4.58. The van der Waals surface area contributed by atoms with Crippen LogP contribution in [0.3, 0.4) is 0 Å². The summed E-state index contributed by atoms with van der Waals surface area (Å²) in [6.45, 7) is 3.25. The summed E-state index contributed by atoms with van der Waals surface area (Å²) >= 11 is 0. The Morgan fingerprint density at radius 2 is 2.00 bits per heavy atom. The Morgan fingerprint density at radius 3 is 2.71 bits per heavy atom. The maximum atomic E-state index is 13.2. The van der Waals surface area contributed by atoms with Crippen molar-refractivity contribution >= 4 is 5.97 Å². The molecule has 0 aliphatic heterocycles. The number of hydrogen-bond acceptors (Lipinski definition) is 5. The second kappa shape index (κ2) is 7.07. The van der Waals surface area contributed by atoms with Gasteiger partial charge in [-0.1, -0.05) is 0 Å². The molecule has 0 radical (unpaired) electrons. The maximum Gasteiger partial charge on any atom is 0.342 e. The number of carbonyl (C=O) groups is 1. The van der Waals surface area contributed by atoms with Crippen molar-refractivity contribution in [3.63, 3.8) is 0 Å². The monoisotopic (exact) mass is 382 g/mol. The Hall–Kier alpha value is -3.22. The zero-order valence-electron chi connectivity index (χ0n) is 15.6. The zero-order valence-corrected chi connectivity index (χ0v) is 15.6. The van der Waals surface area contributed by atoms with Crippen LogP contribution in [0.1, 0.15) is 45.1 Å². The summed E-state index contributed by atoms with van der Waals surface area (Å²) in [5, 5.41) is 4.60. The first-order valence-corrected chi connectivity index (χ1v) is 9.08. The smallest absolute Gasteiger partial charge is 0.342 e. The molecular formula is C21H19FN2O4. The van der Waals surface area contributed by atoms with Crippen LogP contribution in [0.15, 0.2) is 39.5 Å². The van der Waals surface area contributed by atoms with Crippen LogP contribution in [0, 0.1) is 19.7 Å². The number of benzene rings is 1. The van der Waals surface area contributed by atoms with Gasteiger partial charge in [0, 0.05) is 17.3 Å². The second-order valence-electron chi connectivity index (χ2n) is 6.87. The van der Waals surface area contributed by atoms with Crippen LogP contribution in [0.4, 0.5) is 4.39 Å². The van der Waals surface area contributed by atoms with Crippen LogP contribution >= 0.6 is 0 Å². The van der Waals surface area contributed by atoms with Crippen LogP contribution in [-0.4, -0.2) is 15.7 Å². The molecule has 6 nitrogen and oxygen atoms in total. The molecule has 7 heteroatoms. The molecule has 1 aromatic carbocycles. The number of rotatable bonds is 4. The van der Waals surface area contributed by atoms with Gasteiger partial charge < -0.3 is 9.15 Å². The van der Waals surface area contributed by atoms with Gasteiger partial charge >= 0.3 is 11.6 Å². The van der Waals surface area contributed by atoms with E-state index >= 15 is 0 Å². The molecule has 1 aliphatic carbocycles. The van der Waals surface area contributed by atoms with Gasteiger partial charge in [0.2, 0.25) is 0 Å². The van der Waals surface area contributed by atoms with Gasteiger partial charge in [0.15, 0.2) is 0 Å². The van der Waals surface area contributed by atoms with E-state index in [4.69, 9.17) is 9.15 Å². The molecule has 2 heterocycles. The van der Waals surface area contributed by atoms with Crippen molar-refractivity contribution in [2.24, 2.45) is 0 Å². The number of halogens is 1. The fraction of sp³-hybridized carbons (Fsp3) is 0.286. The van der Waals surface area contributed by atoms with Gasteiger partial charge in [-0.05, 0) is 62.9 Å².